The fraction of sp³-hybridized carbons (Fsp3) is 0.286. The maximum atomic E-state index is 13.1. The number of esters is 1. The molecule has 0 radical (unpaired) electrons. The van der Waals surface area contributed by atoms with Crippen molar-refractivity contribution >= 4 is 40.9 Å². The van der Waals surface area contributed by atoms with Crippen molar-refractivity contribution in [3.63, 3.8) is 0 Å². The van der Waals surface area contributed by atoms with Crippen molar-refractivity contribution in [3.05, 3.63) is 63.7 Å². The highest BCUT2D eigenvalue weighted by atomic mass is 32.2. The third-order valence-electron chi connectivity index (χ3n) is 4.69. The highest BCUT2D eigenvalue weighted by Crippen LogP contribution is 2.27. The lowest BCUT2D eigenvalue weighted by molar-refractivity contribution is -0.384. The molecular formula is C21H21N3O7S. The van der Waals surface area contributed by atoms with E-state index in [1.165, 1.54) is 29.8 Å². The summed E-state index contributed by atoms with van der Waals surface area (Å²) in [6.45, 7) is 1.69. The minimum absolute atomic E-state index is 0.0630. The molecule has 1 atom stereocenters. The first-order valence-corrected chi connectivity index (χ1v) is 10.8. The predicted molar refractivity (Wildman–Crippen MR) is 118 cm³/mol. The molecule has 0 aliphatic carbocycles. The van der Waals surface area contributed by atoms with Crippen LogP contribution in [-0.4, -0.2) is 59.0 Å². The third kappa shape index (κ3) is 5.17. The van der Waals surface area contributed by atoms with Gasteiger partial charge in [-0.1, -0.05) is 0 Å². The van der Waals surface area contributed by atoms with Gasteiger partial charge in [-0.2, -0.15) is 0 Å². The van der Waals surface area contributed by atoms with E-state index in [2.05, 4.69) is 5.32 Å². The van der Waals surface area contributed by atoms with Gasteiger partial charge in [0.2, 0.25) is 5.91 Å². The summed E-state index contributed by atoms with van der Waals surface area (Å²) in [5.41, 5.74) is -0.0347. The molecule has 1 unspecified atom stereocenters. The molecule has 0 saturated carbocycles. The second-order valence-electron chi connectivity index (χ2n) is 6.75. The number of nitrogens with zero attached hydrogens (tertiary/aromatic N) is 2. The zero-order chi connectivity index (χ0) is 23.3. The summed E-state index contributed by atoms with van der Waals surface area (Å²) in [7, 11) is 1.54. The predicted octanol–water partition coefficient (Wildman–Crippen LogP) is 2.93. The van der Waals surface area contributed by atoms with Gasteiger partial charge < -0.3 is 19.7 Å². The van der Waals surface area contributed by atoms with Gasteiger partial charge in [-0.25, -0.2) is 4.79 Å². The number of carbonyl (C=O) groups excluding carboxylic acids is 3. The maximum Gasteiger partial charge on any atom is 0.338 e. The number of rotatable bonds is 7. The Morgan fingerprint density at radius 2 is 1.88 bits per heavy atom. The Balaban J connectivity index is 1.82. The van der Waals surface area contributed by atoms with Gasteiger partial charge in [0.15, 0.2) is 0 Å². The van der Waals surface area contributed by atoms with Crippen LogP contribution in [-0.2, 0) is 9.53 Å². The third-order valence-corrected chi connectivity index (χ3v) is 5.70. The number of amides is 2. The summed E-state index contributed by atoms with van der Waals surface area (Å²) in [4.78, 5) is 50.0. The number of non-ortho nitro benzene ring substituents is 1. The van der Waals surface area contributed by atoms with Crippen LogP contribution >= 0.6 is 11.8 Å². The summed E-state index contributed by atoms with van der Waals surface area (Å²) >= 11 is 1.39. The van der Waals surface area contributed by atoms with Gasteiger partial charge in [0.25, 0.3) is 11.6 Å². The van der Waals surface area contributed by atoms with E-state index in [-0.39, 0.29) is 29.5 Å². The van der Waals surface area contributed by atoms with Gasteiger partial charge >= 0.3 is 5.97 Å². The largest absolute Gasteiger partial charge is 0.497 e. The van der Waals surface area contributed by atoms with Crippen LogP contribution in [0.3, 0.4) is 0 Å². The van der Waals surface area contributed by atoms with Gasteiger partial charge in [-0.3, -0.25) is 19.7 Å². The monoisotopic (exact) mass is 459 g/mol. The number of hydrogen-bond acceptors (Lipinski definition) is 8. The molecule has 2 amide bonds. The Labute approximate surface area is 188 Å². The molecule has 2 aromatic rings. The van der Waals surface area contributed by atoms with Gasteiger partial charge in [0.05, 0.1) is 30.1 Å². The first-order chi connectivity index (χ1) is 15.3. The molecule has 1 aliphatic rings. The Bertz CT molecular complexity index is 1040. The number of anilines is 1. The Morgan fingerprint density at radius 3 is 2.50 bits per heavy atom. The van der Waals surface area contributed by atoms with Crippen LogP contribution in [0.1, 0.15) is 27.6 Å². The van der Waals surface area contributed by atoms with Crippen LogP contribution in [0, 0.1) is 10.1 Å². The Hall–Kier alpha value is -3.60. The van der Waals surface area contributed by atoms with Crippen LogP contribution in [0.4, 0.5) is 11.4 Å². The molecule has 1 saturated heterocycles. The van der Waals surface area contributed by atoms with E-state index in [9.17, 15) is 24.5 Å². The second-order valence-corrected chi connectivity index (χ2v) is 7.75. The fourth-order valence-corrected chi connectivity index (χ4v) is 4.25. The molecule has 3 rings (SSSR count). The smallest absolute Gasteiger partial charge is 0.338 e. The van der Waals surface area contributed by atoms with Crippen molar-refractivity contribution < 1.29 is 28.8 Å². The molecule has 1 aliphatic heterocycles. The first-order valence-electron chi connectivity index (χ1n) is 9.64. The molecule has 1 fully saturated rings. The number of methoxy groups -OCH3 is 1. The minimum atomic E-state index is -0.778. The minimum Gasteiger partial charge on any atom is -0.497 e. The molecule has 0 spiro atoms. The van der Waals surface area contributed by atoms with Crippen molar-refractivity contribution in [1.29, 1.82) is 0 Å². The van der Waals surface area contributed by atoms with Crippen molar-refractivity contribution in [2.45, 2.75) is 13.0 Å². The molecule has 0 bridgehead atoms. The first kappa shape index (κ1) is 23.1. The summed E-state index contributed by atoms with van der Waals surface area (Å²) in [5.74, 6) is -0.498. The molecule has 11 heteroatoms. The average molecular weight is 459 g/mol. The molecule has 1 heterocycles. The summed E-state index contributed by atoms with van der Waals surface area (Å²) in [5, 5.41) is 14.1. The fourth-order valence-electron chi connectivity index (χ4n) is 3.10. The highest BCUT2D eigenvalue weighted by Gasteiger charge is 2.36. The van der Waals surface area contributed by atoms with Gasteiger partial charge in [0.1, 0.15) is 11.8 Å². The number of nitro groups is 1. The lowest BCUT2D eigenvalue weighted by Crippen LogP contribution is -2.44. The molecule has 168 valence electrons. The number of carbonyl (C=O) groups is 3. The Morgan fingerprint density at radius 1 is 1.19 bits per heavy atom. The SMILES string of the molecule is CCOC(=O)c1cc(C(=O)N2CSCC2C(=O)Nc2ccc(OC)cc2)cc([N+](=O)[O-])c1. The second kappa shape index (κ2) is 10.1. The van der Waals surface area contributed by atoms with Crippen molar-refractivity contribution in [3.8, 4) is 5.75 Å². The quantitative estimate of drug-likeness (QED) is 0.380. The van der Waals surface area contributed by atoms with Gasteiger partial charge in [-0.05, 0) is 37.3 Å². The van der Waals surface area contributed by atoms with Gasteiger partial charge in [0, 0.05) is 29.1 Å². The molecule has 0 aromatic heterocycles. The van der Waals surface area contributed by atoms with Crippen LogP contribution in [0.15, 0.2) is 42.5 Å². The summed E-state index contributed by atoms with van der Waals surface area (Å²) < 4.78 is 9.99. The van der Waals surface area contributed by atoms with E-state index in [4.69, 9.17) is 9.47 Å². The summed E-state index contributed by atoms with van der Waals surface area (Å²) in [6.07, 6.45) is 0. The van der Waals surface area contributed by atoms with Crippen molar-refractivity contribution in [2.75, 3.05) is 30.7 Å². The standard InChI is InChI=1S/C21H21N3O7S/c1-3-31-21(27)14-8-13(9-16(10-14)24(28)29)20(26)23-12-32-11-18(23)19(25)22-15-4-6-17(30-2)7-5-15/h4-10,18H,3,11-12H2,1-2H3,(H,22,25). The number of thioether (sulfide) groups is 1. The lowest BCUT2D eigenvalue weighted by atomic mass is 10.1. The van der Waals surface area contributed by atoms with E-state index < -0.39 is 28.5 Å². The highest BCUT2D eigenvalue weighted by molar-refractivity contribution is 7.99. The number of nitrogens with one attached hydrogen (secondary N) is 1. The van der Waals surface area contributed by atoms with E-state index in [0.29, 0.717) is 17.2 Å². The molecule has 32 heavy (non-hydrogen) atoms. The molecule has 1 N–H and O–H groups in total. The van der Waals surface area contributed by atoms with Crippen LogP contribution < -0.4 is 10.1 Å². The van der Waals surface area contributed by atoms with Crippen LogP contribution in [0.5, 0.6) is 5.75 Å². The zero-order valence-corrected chi connectivity index (χ0v) is 18.2. The lowest BCUT2D eigenvalue weighted by Gasteiger charge is -2.23. The molecular weight excluding hydrogens is 438 g/mol. The van der Waals surface area contributed by atoms with Crippen molar-refractivity contribution in [2.24, 2.45) is 0 Å². The van der Waals surface area contributed by atoms with Gasteiger partial charge in [-0.15, -0.1) is 11.8 Å². The molecule has 10 nitrogen and oxygen atoms in total. The molecule has 2 aromatic carbocycles. The zero-order valence-electron chi connectivity index (χ0n) is 17.4. The number of hydrogen-bond donors (Lipinski definition) is 1. The topological polar surface area (TPSA) is 128 Å². The van der Waals surface area contributed by atoms with E-state index in [1.54, 1.807) is 31.2 Å². The number of ether oxygens (including phenoxy) is 2. The van der Waals surface area contributed by atoms with Crippen LogP contribution in [0.2, 0.25) is 0 Å². The normalized spacial score (nSPS) is 15.2. The Kier molecular flexibility index (Phi) is 7.31. The van der Waals surface area contributed by atoms with Crippen LogP contribution in [0.25, 0.3) is 0 Å². The number of benzene rings is 2. The summed E-state index contributed by atoms with van der Waals surface area (Å²) in [6, 6.07) is 9.36. The number of nitro benzene ring substituents is 1. The van der Waals surface area contributed by atoms with E-state index in [1.807, 2.05) is 0 Å². The average Bonchev–Trinajstić information content (AvgIpc) is 3.29. The maximum absolute atomic E-state index is 13.1. The van der Waals surface area contributed by atoms with Crippen molar-refractivity contribution in [1.82, 2.24) is 4.90 Å². The van der Waals surface area contributed by atoms with E-state index in [0.717, 1.165) is 12.1 Å². The van der Waals surface area contributed by atoms with E-state index >= 15 is 0 Å².